The molecule has 2 aromatic rings. The molecule has 1 aliphatic heterocycles. The fourth-order valence-electron chi connectivity index (χ4n) is 3.30. The maximum Gasteiger partial charge on any atom is 0.263 e. The Balaban J connectivity index is 1.62. The van der Waals surface area contributed by atoms with Gasteiger partial charge in [-0.3, -0.25) is 9.10 Å². The number of benzene rings is 2. The van der Waals surface area contributed by atoms with Gasteiger partial charge in [0, 0.05) is 6.54 Å². The number of hydrogen-bond donors (Lipinski definition) is 1. The number of aryl methyl sites for hydroxylation is 3. The Morgan fingerprint density at radius 1 is 1.18 bits per heavy atom. The van der Waals surface area contributed by atoms with Crippen LogP contribution >= 0.6 is 0 Å². The number of anilines is 1. The van der Waals surface area contributed by atoms with Crippen molar-refractivity contribution < 1.29 is 17.9 Å². The topological polar surface area (TPSA) is 75.7 Å². The molecular formula is C21H26N2O4S. The van der Waals surface area contributed by atoms with Gasteiger partial charge in [-0.25, -0.2) is 8.42 Å². The molecule has 2 aromatic carbocycles. The molecule has 0 fully saturated rings. The molecule has 28 heavy (non-hydrogen) atoms. The zero-order chi connectivity index (χ0) is 20.3. The molecule has 0 saturated heterocycles. The molecule has 0 radical (unpaired) electrons. The third-order valence-corrected chi connectivity index (χ3v) is 5.85. The van der Waals surface area contributed by atoms with Crippen LogP contribution in [0.5, 0.6) is 5.75 Å². The maximum absolute atomic E-state index is 12.6. The van der Waals surface area contributed by atoms with Crippen molar-refractivity contribution in [3.8, 4) is 5.75 Å². The number of amides is 1. The van der Waals surface area contributed by atoms with Crippen molar-refractivity contribution in [1.29, 1.82) is 0 Å². The summed E-state index contributed by atoms with van der Waals surface area (Å²) in [5, 5.41) is 2.87. The van der Waals surface area contributed by atoms with E-state index in [4.69, 9.17) is 4.74 Å². The van der Waals surface area contributed by atoms with Crippen molar-refractivity contribution in [3.63, 3.8) is 0 Å². The number of sulfonamides is 1. The maximum atomic E-state index is 12.6. The van der Waals surface area contributed by atoms with E-state index in [1.165, 1.54) is 15.4 Å². The van der Waals surface area contributed by atoms with Crippen LogP contribution in [0.1, 0.15) is 23.1 Å². The van der Waals surface area contributed by atoms with Crippen molar-refractivity contribution in [2.24, 2.45) is 0 Å². The van der Waals surface area contributed by atoms with Gasteiger partial charge in [-0.15, -0.1) is 0 Å². The minimum atomic E-state index is -3.51. The molecule has 1 atom stereocenters. The Morgan fingerprint density at radius 2 is 1.93 bits per heavy atom. The van der Waals surface area contributed by atoms with Gasteiger partial charge in [-0.05, 0) is 49.9 Å². The number of carbonyl (C=O) groups excluding carboxylic acids is 1. The second-order valence-electron chi connectivity index (χ2n) is 7.26. The van der Waals surface area contributed by atoms with Gasteiger partial charge in [-0.1, -0.05) is 35.9 Å². The number of nitrogens with zero attached hydrogens (tertiary/aromatic N) is 1. The van der Waals surface area contributed by atoms with E-state index in [1.807, 2.05) is 19.1 Å². The minimum absolute atomic E-state index is 0.0288. The molecule has 3 rings (SSSR count). The second-order valence-corrected chi connectivity index (χ2v) is 9.16. The van der Waals surface area contributed by atoms with Crippen molar-refractivity contribution in [2.45, 2.75) is 32.8 Å². The molecule has 0 aromatic heterocycles. The normalized spacial score (nSPS) is 16.2. The van der Waals surface area contributed by atoms with Gasteiger partial charge in [0.15, 0.2) is 6.10 Å². The smallest absolute Gasteiger partial charge is 0.263 e. The van der Waals surface area contributed by atoms with Gasteiger partial charge in [0.05, 0.1) is 18.5 Å². The average Bonchev–Trinajstić information content (AvgIpc) is 2.63. The van der Waals surface area contributed by atoms with Crippen molar-refractivity contribution in [2.75, 3.05) is 23.7 Å². The van der Waals surface area contributed by atoms with E-state index in [-0.39, 0.29) is 12.5 Å². The zero-order valence-corrected chi connectivity index (χ0v) is 17.3. The Bertz CT molecular complexity index is 972. The molecule has 150 valence electrons. The lowest BCUT2D eigenvalue weighted by Gasteiger charge is -2.34. The number of ether oxygens (including phenoxy) is 1. The monoisotopic (exact) mass is 402 g/mol. The highest BCUT2D eigenvalue weighted by atomic mass is 32.2. The molecule has 1 heterocycles. The third-order valence-electron chi connectivity index (χ3n) is 4.70. The molecule has 0 unspecified atom stereocenters. The lowest BCUT2D eigenvalue weighted by Crippen LogP contribution is -2.50. The van der Waals surface area contributed by atoms with Crippen LogP contribution in [0, 0.1) is 13.8 Å². The summed E-state index contributed by atoms with van der Waals surface area (Å²) in [6, 6.07) is 13.6. The molecule has 7 heteroatoms. The van der Waals surface area contributed by atoms with Crippen LogP contribution in [0.2, 0.25) is 0 Å². The zero-order valence-electron chi connectivity index (χ0n) is 16.4. The van der Waals surface area contributed by atoms with Crippen molar-refractivity contribution in [1.82, 2.24) is 5.32 Å². The molecule has 0 aliphatic carbocycles. The number of rotatable bonds is 6. The lowest BCUT2D eigenvalue weighted by molar-refractivity contribution is -0.127. The predicted octanol–water partition coefficient (Wildman–Crippen LogP) is 2.58. The Labute approximate surface area is 166 Å². The van der Waals surface area contributed by atoms with Crippen LogP contribution in [0.15, 0.2) is 42.5 Å². The number of hydrogen-bond acceptors (Lipinski definition) is 4. The lowest BCUT2D eigenvalue weighted by atomic mass is 10.1. The first-order valence-corrected chi connectivity index (χ1v) is 11.2. The summed E-state index contributed by atoms with van der Waals surface area (Å²) in [6.07, 6.45) is 1.93. The highest BCUT2D eigenvalue weighted by Crippen LogP contribution is 2.35. The molecule has 1 aliphatic rings. The Kier molecular flexibility index (Phi) is 5.93. The highest BCUT2D eigenvalue weighted by Gasteiger charge is 2.34. The number of carbonyl (C=O) groups is 1. The molecule has 0 bridgehead atoms. The van der Waals surface area contributed by atoms with E-state index < -0.39 is 16.1 Å². The van der Waals surface area contributed by atoms with Gasteiger partial charge in [0.2, 0.25) is 10.0 Å². The van der Waals surface area contributed by atoms with Gasteiger partial charge in [0.25, 0.3) is 5.91 Å². The van der Waals surface area contributed by atoms with Crippen molar-refractivity contribution in [3.05, 3.63) is 59.2 Å². The summed E-state index contributed by atoms with van der Waals surface area (Å²) in [4.78, 5) is 12.6. The van der Waals surface area contributed by atoms with Crippen LogP contribution in [-0.2, 0) is 21.2 Å². The fraction of sp³-hybridized carbons (Fsp3) is 0.381. The average molecular weight is 403 g/mol. The fourth-order valence-corrected chi connectivity index (χ4v) is 4.20. The largest absolute Gasteiger partial charge is 0.476 e. The van der Waals surface area contributed by atoms with E-state index in [9.17, 15) is 13.2 Å². The Hall–Kier alpha value is -2.54. The summed E-state index contributed by atoms with van der Waals surface area (Å²) < 4.78 is 31.5. The van der Waals surface area contributed by atoms with E-state index in [0.29, 0.717) is 18.0 Å². The minimum Gasteiger partial charge on any atom is -0.476 e. The van der Waals surface area contributed by atoms with E-state index in [0.717, 1.165) is 24.7 Å². The summed E-state index contributed by atoms with van der Waals surface area (Å²) in [6.45, 7) is 4.41. The van der Waals surface area contributed by atoms with Gasteiger partial charge < -0.3 is 10.1 Å². The van der Waals surface area contributed by atoms with Gasteiger partial charge in [-0.2, -0.15) is 0 Å². The van der Waals surface area contributed by atoms with Gasteiger partial charge >= 0.3 is 0 Å². The third kappa shape index (κ3) is 4.84. The van der Waals surface area contributed by atoms with Crippen LogP contribution in [0.4, 0.5) is 5.69 Å². The van der Waals surface area contributed by atoms with Crippen molar-refractivity contribution >= 4 is 21.6 Å². The van der Waals surface area contributed by atoms with Gasteiger partial charge in [0.1, 0.15) is 5.75 Å². The second kappa shape index (κ2) is 8.22. The van der Waals surface area contributed by atoms with Crippen LogP contribution in [-0.4, -0.2) is 39.8 Å². The van der Waals surface area contributed by atoms with Crippen LogP contribution in [0.3, 0.4) is 0 Å². The van der Waals surface area contributed by atoms with E-state index in [1.54, 1.807) is 12.1 Å². The summed E-state index contributed by atoms with van der Waals surface area (Å²) in [5.41, 5.74) is 3.85. The first kappa shape index (κ1) is 20.2. The SMILES string of the molecule is Cc1cccc(CCCNC(=O)[C@@H]2CN(S(C)(=O)=O)c3cc(C)ccc3O2)c1. The molecule has 0 spiro atoms. The summed E-state index contributed by atoms with van der Waals surface area (Å²) in [5.74, 6) is 0.103. The number of nitrogens with one attached hydrogen (secondary N) is 1. The standard InChI is InChI=1S/C21H26N2O4S/c1-15-6-4-7-17(12-15)8-5-11-22-21(24)20-14-23(28(3,25)26)18-13-16(2)9-10-19(18)27-20/h4,6-7,9-10,12-13,20H,5,8,11,14H2,1-3H3,(H,22,24)/t20-/m0/s1. The molecule has 0 saturated carbocycles. The predicted molar refractivity (Wildman–Crippen MR) is 110 cm³/mol. The molecular weight excluding hydrogens is 376 g/mol. The van der Waals surface area contributed by atoms with E-state index >= 15 is 0 Å². The summed E-state index contributed by atoms with van der Waals surface area (Å²) >= 11 is 0. The van der Waals surface area contributed by atoms with Crippen LogP contribution in [0.25, 0.3) is 0 Å². The van der Waals surface area contributed by atoms with E-state index in [2.05, 4.69) is 30.4 Å². The first-order valence-electron chi connectivity index (χ1n) is 9.32. The molecule has 1 N–H and O–H groups in total. The summed E-state index contributed by atoms with van der Waals surface area (Å²) in [7, 11) is -3.51. The highest BCUT2D eigenvalue weighted by molar-refractivity contribution is 7.92. The molecule has 6 nitrogen and oxygen atoms in total. The Morgan fingerprint density at radius 3 is 2.64 bits per heavy atom. The molecule has 1 amide bonds. The number of fused-ring (bicyclic) bond motifs is 1. The quantitative estimate of drug-likeness (QED) is 0.754. The van der Waals surface area contributed by atoms with Crippen LogP contribution < -0.4 is 14.4 Å². The first-order chi connectivity index (χ1) is 13.2.